The topological polar surface area (TPSA) is 74.5 Å². The molecule has 2 heterocycles. The van der Waals surface area contributed by atoms with Gasteiger partial charge in [-0.15, -0.1) is 5.10 Å². The molecule has 2 aromatic rings. The van der Waals surface area contributed by atoms with E-state index < -0.39 is 11.8 Å². The third-order valence-corrected chi connectivity index (χ3v) is 5.20. The lowest BCUT2D eigenvalue weighted by atomic mass is 10.0. The molecule has 1 saturated heterocycles. The molecule has 0 atom stereocenters. The molecule has 7 nitrogen and oxygen atoms in total. The molecule has 9 heteroatoms. The number of carboxylic acid groups (broad SMARTS) is 1. The number of nitrogens with zero attached hydrogens (tertiary/aromatic N) is 5. The van der Waals surface area contributed by atoms with E-state index in [4.69, 9.17) is 16.7 Å². The van der Waals surface area contributed by atoms with Gasteiger partial charge in [-0.2, -0.15) is 0 Å². The number of aromatic nitrogens is 3. The maximum Gasteiger partial charge on any atom is 0.317 e. The van der Waals surface area contributed by atoms with Crippen molar-refractivity contribution in [1.82, 2.24) is 24.8 Å². The summed E-state index contributed by atoms with van der Waals surface area (Å²) in [7, 11) is 0. The second-order valence-corrected chi connectivity index (χ2v) is 7.12. The Labute approximate surface area is 162 Å². The van der Waals surface area contributed by atoms with Gasteiger partial charge in [-0.3, -0.25) is 14.6 Å². The summed E-state index contributed by atoms with van der Waals surface area (Å²) in [5.41, 5.74) is 1.48. The van der Waals surface area contributed by atoms with Crippen LogP contribution in [0, 0.1) is 5.82 Å². The maximum absolute atomic E-state index is 13.3. The number of hydrogen-bond donors (Lipinski definition) is 1. The van der Waals surface area contributed by atoms with E-state index in [-0.39, 0.29) is 11.6 Å². The highest BCUT2D eigenvalue weighted by Crippen LogP contribution is 2.20. The third kappa shape index (κ3) is 5.03. The van der Waals surface area contributed by atoms with Gasteiger partial charge in [0.05, 0.1) is 29.1 Å². The van der Waals surface area contributed by atoms with E-state index in [1.807, 2.05) is 18.0 Å². The number of rotatable bonds is 7. The number of likely N-dealkylation sites (tertiary alicyclic amines) is 1. The standard InChI is InChI=1S/C18H23ClFN5O2/c1-2-24(12-18(26)27)14-5-7-23(8-6-14)10-13-11-25(22-21-13)15-3-4-17(20)16(19)9-15/h3-4,9,11,14H,2,5-8,10,12H2,1H3,(H,26,27). The summed E-state index contributed by atoms with van der Waals surface area (Å²) in [5.74, 6) is -1.25. The molecule has 3 rings (SSSR count). The van der Waals surface area contributed by atoms with Crippen LogP contribution in [0.3, 0.4) is 0 Å². The van der Waals surface area contributed by atoms with E-state index in [1.165, 1.54) is 12.1 Å². The molecule has 1 aromatic carbocycles. The molecule has 1 aliphatic rings. The number of piperidine rings is 1. The molecular formula is C18H23ClFN5O2. The van der Waals surface area contributed by atoms with Gasteiger partial charge in [0.15, 0.2) is 0 Å². The summed E-state index contributed by atoms with van der Waals surface area (Å²) in [5, 5.41) is 17.4. The summed E-state index contributed by atoms with van der Waals surface area (Å²) < 4.78 is 14.9. The predicted octanol–water partition coefficient (Wildman–Crippen LogP) is 2.43. The van der Waals surface area contributed by atoms with Crippen molar-refractivity contribution in [2.45, 2.75) is 32.4 Å². The quantitative estimate of drug-likeness (QED) is 0.776. The molecule has 0 radical (unpaired) electrons. The third-order valence-electron chi connectivity index (χ3n) is 4.91. The Balaban J connectivity index is 1.56. The lowest BCUT2D eigenvalue weighted by Gasteiger charge is -2.37. The van der Waals surface area contributed by atoms with Gasteiger partial charge in [-0.05, 0) is 37.6 Å². The lowest BCUT2D eigenvalue weighted by Crippen LogP contribution is -2.46. The summed E-state index contributed by atoms with van der Waals surface area (Å²) in [6, 6.07) is 4.73. The van der Waals surface area contributed by atoms with Crippen LogP contribution < -0.4 is 0 Å². The largest absolute Gasteiger partial charge is 0.480 e. The van der Waals surface area contributed by atoms with E-state index in [0.717, 1.165) is 38.2 Å². The molecule has 1 fully saturated rings. The monoisotopic (exact) mass is 395 g/mol. The first-order chi connectivity index (χ1) is 13.0. The summed E-state index contributed by atoms with van der Waals surface area (Å²) in [4.78, 5) is 15.3. The van der Waals surface area contributed by atoms with Crippen LogP contribution in [-0.2, 0) is 11.3 Å². The Morgan fingerprint density at radius 2 is 2.15 bits per heavy atom. The minimum Gasteiger partial charge on any atom is -0.480 e. The minimum absolute atomic E-state index is 0.0495. The molecule has 0 amide bonds. The first kappa shape index (κ1) is 19.7. The van der Waals surface area contributed by atoms with Gasteiger partial charge in [-0.25, -0.2) is 9.07 Å². The Morgan fingerprint density at radius 1 is 1.41 bits per heavy atom. The van der Waals surface area contributed by atoms with Gasteiger partial charge in [0.2, 0.25) is 0 Å². The van der Waals surface area contributed by atoms with Crippen LogP contribution in [0.1, 0.15) is 25.5 Å². The van der Waals surface area contributed by atoms with Gasteiger partial charge >= 0.3 is 5.97 Å². The number of carboxylic acids is 1. The second kappa shape index (κ2) is 8.77. The average Bonchev–Trinajstić information content (AvgIpc) is 3.11. The molecule has 27 heavy (non-hydrogen) atoms. The highest BCUT2D eigenvalue weighted by Gasteiger charge is 2.25. The highest BCUT2D eigenvalue weighted by molar-refractivity contribution is 6.30. The van der Waals surface area contributed by atoms with Crippen molar-refractivity contribution in [3.63, 3.8) is 0 Å². The van der Waals surface area contributed by atoms with Gasteiger partial charge in [0, 0.05) is 25.7 Å². The van der Waals surface area contributed by atoms with E-state index in [2.05, 4.69) is 15.2 Å². The molecule has 0 unspecified atom stereocenters. The molecule has 0 aliphatic carbocycles. The number of likely N-dealkylation sites (N-methyl/N-ethyl adjacent to an activating group) is 1. The van der Waals surface area contributed by atoms with Gasteiger partial charge in [0.25, 0.3) is 0 Å². The van der Waals surface area contributed by atoms with Crippen LogP contribution in [0.4, 0.5) is 4.39 Å². The van der Waals surface area contributed by atoms with Gasteiger partial charge in [0.1, 0.15) is 5.82 Å². The van der Waals surface area contributed by atoms with Crippen LogP contribution in [0.25, 0.3) is 5.69 Å². The van der Waals surface area contributed by atoms with E-state index >= 15 is 0 Å². The number of benzene rings is 1. The number of carbonyl (C=O) groups is 1. The molecule has 146 valence electrons. The van der Waals surface area contributed by atoms with E-state index in [0.29, 0.717) is 18.3 Å². The molecule has 0 saturated carbocycles. The normalized spacial score (nSPS) is 16.1. The summed E-state index contributed by atoms with van der Waals surface area (Å²) in [6.07, 6.45) is 3.68. The molecule has 0 spiro atoms. The van der Waals surface area contributed by atoms with Crippen molar-refractivity contribution < 1.29 is 14.3 Å². The van der Waals surface area contributed by atoms with E-state index in [9.17, 15) is 9.18 Å². The smallest absolute Gasteiger partial charge is 0.317 e. The predicted molar refractivity (Wildman–Crippen MR) is 99.5 cm³/mol. The van der Waals surface area contributed by atoms with Crippen molar-refractivity contribution in [2.75, 3.05) is 26.2 Å². The number of hydrogen-bond acceptors (Lipinski definition) is 5. The molecular weight excluding hydrogens is 373 g/mol. The summed E-state index contributed by atoms with van der Waals surface area (Å²) >= 11 is 5.82. The number of aliphatic carboxylic acids is 1. The zero-order valence-electron chi connectivity index (χ0n) is 15.2. The van der Waals surface area contributed by atoms with Crippen molar-refractivity contribution >= 4 is 17.6 Å². The van der Waals surface area contributed by atoms with Crippen molar-refractivity contribution in [1.29, 1.82) is 0 Å². The minimum atomic E-state index is -0.781. The van der Waals surface area contributed by atoms with Crippen LogP contribution in [0.5, 0.6) is 0 Å². The molecule has 1 aliphatic heterocycles. The maximum atomic E-state index is 13.3. The van der Waals surface area contributed by atoms with E-state index in [1.54, 1.807) is 10.7 Å². The van der Waals surface area contributed by atoms with Crippen LogP contribution in [0.2, 0.25) is 5.02 Å². The highest BCUT2D eigenvalue weighted by atomic mass is 35.5. The fourth-order valence-electron chi connectivity index (χ4n) is 3.47. The fraction of sp³-hybridized carbons (Fsp3) is 0.500. The summed E-state index contributed by atoms with van der Waals surface area (Å²) in [6.45, 7) is 5.27. The fourth-order valence-corrected chi connectivity index (χ4v) is 3.64. The zero-order chi connectivity index (χ0) is 19.4. The SMILES string of the molecule is CCN(CC(=O)O)C1CCN(Cc2cn(-c3ccc(F)c(Cl)c3)nn2)CC1. The first-order valence-electron chi connectivity index (χ1n) is 9.01. The van der Waals surface area contributed by atoms with Gasteiger partial charge in [-0.1, -0.05) is 23.7 Å². The van der Waals surface area contributed by atoms with Crippen LogP contribution in [-0.4, -0.2) is 68.1 Å². The van der Waals surface area contributed by atoms with Crippen molar-refractivity contribution in [3.05, 3.63) is 40.9 Å². The molecule has 1 aromatic heterocycles. The van der Waals surface area contributed by atoms with Gasteiger partial charge < -0.3 is 5.11 Å². The first-order valence-corrected chi connectivity index (χ1v) is 9.39. The van der Waals surface area contributed by atoms with Crippen molar-refractivity contribution in [3.8, 4) is 5.69 Å². The van der Waals surface area contributed by atoms with Crippen molar-refractivity contribution in [2.24, 2.45) is 0 Å². The molecule has 1 N–H and O–H groups in total. The zero-order valence-corrected chi connectivity index (χ0v) is 15.9. The van der Waals surface area contributed by atoms with Crippen LogP contribution in [0.15, 0.2) is 24.4 Å². The Bertz CT molecular complexity index is 792. The average molecular weight is 396 g/mol. The Hall–Kier alpha value is -2.03. The molecule has 0 bridgehead atoms. The lowest BCUT2D eigenvalue weighted by molar-refractivity contribution is -0.139. The Morgan fingerprint density at radius 3 is 2.78 bits per heavy atom. The Kier molecular flexibility index (Phi) is 6.41. The number of halogens is 2. The van der Waals surface area contributed by atoms with Crippen LogP contribution >= 0.6 is 11.6 Å². The second-order valence-electron chi connectivity index (χ2n) is 6.72.